The third-order valence-electron chi connectivity index (χ3n) is 4.60. The third kappa shape index (κ3) is 2.41. The summed E-state index contributed by atoms with van der Waals surface area (Å²) in [5.41, 5.74) is 5.28. The smallest absolute Gasteiger partial charge is 0.268 e. The molecular formula is C21H13N5O2. The van der Waals surface area contributed by atoms with Gasteiger partial charge in [0, 0.05) is 23.5 Å². The molecule has 4 aromatic rings. The Labute approximate surface area is 159 Å². The van der Waals surface area contributed by atoms with Gasteiger partial charge in [-0.1, -0.05) is 30.3 Å². The van der Waals surface area contributed by atoms with Crippen molar-refractivity contribution in [2.75, 3.05) is 0 Å². The quantitative estimate of drug-likeness (QED) is 0.485. The molecule has 0 aliphatic carbocycles. The number of carbonyl (C=O) groups excluding carboxylic acids is 1. The molecule has 0 saturated heterocycles. The van der Waals surface area contributed by atoms with Gasteiger partial charge in [-0.3, -0.25) is 19.1 Å². The van der Waals surface area contributed by atoms with E-state index in [4.69, 9.17) is 0 Å². The summed E-state index contributed by atoms with van der Waals surface area (Å²) in [6, 6.07) is 17.8. The second-order valence-corrected chi connectivity index (χ2v) is 6.25. The second-order valence-electron chi connectivity index (χ2n) is 6.25. The molecule has 3 heterocycles. The Balaban J connectivity index is 1.68. The number of carbonyl (C=O) groups is 1. The number of pyridine rings is 1. The minimum absolute atomic E-state index is 0.168. The van der Waals surface area contributed by atoms with Gasteiger partial charge < -0.3 is 0 Å². The van der Waals surface area contributed by atoms with Crippen LogP contribution in [0.2, 0.25) is 0 Å². The molecule has 2 aromatic heterocycles. The van der Waals surface area contributed by atoms with Crippen LogP contribution in [0.5, 0.6) is 0 Å². The zero-order valence-electron chi connectivity index (χ0n) is 14.5. The standard InChI is InChI=1S/C21H13N5O2/c27-20(13-9-11-22-12-10-13)25-24-18-15-6-2-4-8-17(15)26-19(18)23-16-7-3-1-5-14(16)21(26)28/h1-12H,(H,25,27)/b24-18+. The van der Waals surface area contributed by atoms with Crippen molar-refractivity contribution in [1.82, 2.24) is 20.0 Å². The average Bonchev–Trinajstić information content (AvgIpc) is 3.06. The van der Waals surface area contributed by atoms with Gasteiger partial charge in [0.2, 0.25) is 0 Å². The maximum atomic E-state index is 13.1. The van der Waals surface area contributed by atoms with E-state index >= 15 is 0 Å². The molecule has 0 radical (unpaired) electrons. The van der Waals surface area contributed by atoms with Crippen LogP contribution in [0, 0.1) is 0 Å². The Kier molecular flexibility index (Phi) is 3.58. The fourth-order valence-corrected chi connectivity index (χ4v) is 3.29. The summed E-state index contributed by atoms with van der Waals surface area (Å²) < 4.78 is 1.54. The molecule has 1 N–H and O–H groups in total. The van der Waals surface area contributed by atoms with E-state index in [9.17, 15) is 9.59 Å². The first-order valence-electron chi connectivity index (χ1n) is 8.64. The van der Waals surface area contributed by atoms with Gasteiger partial charge in [-0.05, 0) is 30.3 Å². The summed E-state index contributed by atoms with van der Waals surface area (Å²) in [7, 11) is 0. The summed E-state index contributed by atoms with van der Waals surface area (Å²) in [5, 5.41) is 4.84. The highest BCUT2D eigenvalue weighted by Gasteiger charge is 2.28. The third-order valence-corrected chi connectivity index (χ3v) is 4.60. The van der Waals surface area contributed by atoms with Gasteiger partial charge in [-0.25, -0.2) is 10.4 Å². The summed E-state index contributed by atoms with van der Waals surface area (Å²) in [6.45, 7) is 0. The van der Waals surface area contributed by atoms with E-state index in [0.29, 0.717) is 33.7 Å². The number of fused-ring (bicyclic) bond motifs is 4. The summed E-state index contributed by atoms with van der Waals surface area (Å²) in [5.74, 6) is 0.0360. The van der Waals surface area contributed by atoms with E-state index in [-0.39, 0.29) is 11.5 Å². The maximum absolute atomic E-state index is 13.1. The average molecular weight is 367 g/mol. The lowest BCUT2D eigenvalue weighted by molar-refractivity contribution is 0.0955. The lowest BCUT2D eigenvalue weighted by atomic mass is 10.1. The molecule has 1 aliphatic rings. The summed E-state index contributed by atoms with van der Waals surface area (Å²) in [6.07, 6.45) is 3.07. The number of nitrogens with zero attached hydrogens (tertiary/aromatic N) is 4. The van der Waals surface area contributed by atoms with Gasteiger partial charge in [0.1, 0.15) is 5.71 Å². The number of aromatic nitrogens is 3. The molecule has 0 saturated carbocycles. The molecule has 0 unspecified atom stereocenters. The molecule has 7 nitrogen and oxygen atoms in total. The molecule has 134 valence electrons. The van der Waals surface area contributed by atoms with Crippen molar-refractivity contribution in [3.8, 4) is 5.69 Å². The largest absolute Gasteiger partial charge is 0.271 e. The van der Waals surface area contributed by atoms with E-state index in [0.717, 1.165) is 5.56 Å². The topological polar surface area (TPSA) is 89.2 Å². The van der Waals surface area contributed by atoms with E-state index in [1.54, 1.807) is 24.3 Å². The van der Waals surface area contributed by atoms with E-state index in [1.165, 1.54) is 17.0 Å². The molecule has 0 atom stereocenters. The highest BCUT2D eigenvalue weighted by atomic mass is 16.2. The predicted molar refractivity (Wildman–Crippen MR) is 105 cm³/mol. The van der Waals surface area contributed by atoms with Gasteiger partial charge >= 0.3 is 0 Å². The Bertz CT molecular complexity index is 1330. The van der Waals surface area contributed by atoms with Crippen LogP contribution in [-0.4, -0.2) is 26.2 Å². The van der Waals surface area contributed by atoms with Crippen molar-refractivity contribution in [3.05, 3.63) is 100 Å². The van der Waals surface area contributed by atoms with Crippen LogP contribution in [0.25, 0.3) is 16.6 Å². The van der Waals surface area contributed by atoms with E-state index in [1.807, 2.05) is 36.4 Å². The van der Waals surface area contributed by atoms with Crippen molar-refractivity contribution < 1.29 is 4.79 Å². The maximum Gasteiger partial charge on any atom is 0.271 e. The van der Waals surface area contributed by atoms with E-state index < -0.39 is 0 Å². The normalized spacial score (nSPS) is 13.4. The number of hydrogen-bond acceptors (Lipinski definition) is 5. The fourth-order valence-electron chi connectivity index (χ4n) is 3.29. The van der Waals surface area contributed by atoms with Crippen molar-refractivity contribution in [2.24, 2.45) is 5.10 Å². The highest BCUT2D eigenvalue weighted by molar-refractivity contribution is 6.17. The minimum atomic E-state index is -0.367. The Morgan fingerprint density at radius 3 is 2.57 bits per heavy atom. The number of para-hydroxylation sites is 2. The first-order chi connectivity index (χ1) is 13.7. The van der Waals surface area contributed by atoms with Gasteiger partial charge in [-0.2, -0.15) is 5.10 Å². The first kappa shape index (κ1) is 16.1. The molecule has 0 fully saturated rings. The zero-order valence-corrected chi connectivity index (χ0v) is 14.5. The molecule has 1 amide bonds. The molecule has 2 aromatic carbocycles. The van der Waals surface area contributed by atoms with Crippen molar-refractivity contribution in [3.63, 3.8) is 0 Å². The van der Waals surface area contributed by atoms with Crippen LogP contribution in [0.1, 0.15) is 21.7 Å². The number of benzene rings is 2. The molecule has 7 heteroatoms. The number of nitrogens with one attached hydrogen (secondary N) is 1. The number of hydrazone groups is 1. The number of rotatable bonds is 2. The van der Waals surface area contributed by atoms with Crippen LogP contribution in [0.15, 0.2) is 83.0 Å². The van der Waals surface area contributed by atoms with Gasteiger partial charge in [0.05, 0.1) is 16.6 Å². The van der Waals surface area contributed by atoms with Crippen molar-refractivity contribution >= 4 is 22.5 Å². The van der Waals surface area contributed by atoms with Crippen molar-refractivity contribution in [1.29, 1.82) is 0 Å². The fraction of sp³-hybridized carbons (Fsp3) is 0. The van der Waals surface area contributed by atoms with Crippen LogP contribution >= 0.6 is 0 Å². The van der Waals surface area contributed by atoms with E-state index in [2.05, 4.69) is 20.5 Å². The van der Waals surface area contributed by atoms with Crippen LogP contribution < -0.4 is 11.0 Å². The Morgan fingerprint density at radius 2 is 1.71 bits per heavy atom. The van der Waals surface area contributed by atoms with Gasteiger partial charge in [0.25, 0.3) is 11.5 Å². The van der Waals surface area contributed by atoms with Crippen LogP contribution in [0.4, 0.5) is 0 Å². The Hall–Kier alpha value is -4.13. The second kappa shape index (κ2) is 6.24. The number of amides is 1. The molecule has 0 spiro atoms. The molecule has 1 aliphatic heterocycles. The minimum Gasteiger partial charge on any atom is -0.268 e. The van der Waals surface area contributed by atoms with Gasteiger partial charge in [-0.15, -0.1) is 0 Å². The monoisotopic (exact) mass is 367 g/mol. The zero-order chi connectivity index (χ0) is 19.1. The lowest BCUT2D eigenvalue weighted by Gasteiger charge is -2.06. The van der Waals surface area contributed by atoms with Gasteiger partial charge in [0.15, 0.2) is 5.82 Å². The summed E-state index contributed by atoms with van der Waals surface area (Å²) >= 11 is 0. The molecule has 5 rings (SSSR count). The predicted octanol–water partition coefficient (Wildman–Crippen LogP) is 2.28. The Morgan fingerprint density at radius 1 is 0.964 bits per heavy atom. The van der Waals surface area contributed by atoms with Crippen LogP contribution in [0.3, 0.4) is 0 Å². The number of hydrogen-bond donors (Lipinski definition) is 1. The first-order valence-corrected chi connectivity index (χ1v) is 8.64. The van der Waals surface area contributed by atoms with Crippen LogP contribution in [-0.2, 0) is 0 Å². The lowest BCUT2D eigenvalue weighted by Crippen LogP contribution is -2.23. The molecule has 0 bridgehead atoms. The SMILES string of the molecule is O=C(N/N=C1\c2ccccc2-n2c1nc1ccccc1c2=O)c1ccncc1. The molecule has 28 heavy (non-hydrogen) atoms. The molecular weight excluding hydrogens is 354 g/mol. The highest BCUT2D eigenvalue weighted by Crippen LogP contribution is 2.26. The summed E-state index contributed by atoms with van der Waals surface area (Å²) in [4.78, 5) is 34.0. The van der Waals surface area contributed by atoms with Crippen molar-refractivity contribution in [2.45, 2.75) is 0 Å².